The second kappa shape index (κ2) is 6.66. The summed E-state index contributed by atoms with van der Waals surface area (Å²) in [6.07, 6.45) is 8.25. The van der Waals surface area contributed by atoms with Crippen molar-refractivity contribution in [2.45, 2.75) is 45.3 Å². The minimum atomic E-state index is -0.533. The Morgan fingerprint density at radius 3 is 2.69 bits per heavy atom. The molecule has 1 rings (SSSR count). The lowest BCUT2D eigenvalue weighted by Gasteiger charge is -2.25. The molecular weight excluding hydrogens is 202 g/mol. The standard InChI is InChI=1S/C12H23N3O/c1-3-12(16,4-2)10-13-6-5-8-15-9-7-14-11-15/h7,9,11,13,16H,3-6,8,10H2,1-2H3. The SMILES string of the molecule is CCC(O)(CC)CNCCCn1ccnc1. The van der Waals surface area contributed by atoms with Crippen LogP contribution in [0.3, 0.4) is 0 Å². The van der Waals surface area contributed by atoms with Gasteiger partial charge in [0.1, 0.15) is 0 Å². The predicted octanol–water partition coefficient (Wildman–Crippen LogP) is 1.41. The molecule has 0 saturated carbocycles. The average Bonchev–Trinajstić information content (AvgIpc) is 2.81. The van der Waals surface area contributed by atoms with Gasteiger partial charge >= 0.3 is 0 Å². The van der Waals surface area contributed by atoms with Gasteiger partial charge in [0, 0.05) is 25.5 Å². The van der Waals surface area contributed by atoms with Crippen LogP contribution in [0.15, 0.2) is 18.7 Å². The molecule has 0 unspecified atom stereocenters. The molecule has 4 nitrogen and oxygen atoms in total. The van der Waals surface area contributed by atoms with Gasteiger partial charge in [-0.1, -0.05) is 13.8 Å². The number of hydrogen-bond acceptors (Lipinski definition) is 3. The van der Waals surface area contributed by atoms with E-state index in [9.17, 15) is 5.11 Å². The Morgan fingerprint density at radius 2 is 2.12 bits per heavy atom. The molecule has 0 aliphatic heterocycles. The van der Waals surface area contributed by atoms with Gasteiger partial charge in [0.15, 0.2) is 0 Å². The van der Waals surface area contributed by atoms with E-state index in [1.165, 1.54) is 0 Å². The van der Waals surface area contributed by atoms with Crippen LogP contribution >= 0.6 is 0 Å². The maximum Gasteiger partial charge on any atom is 0.0945 e. The van der Waals surface area contributed by atoms with Crippen LogP contribution in [0.25, 0.3) is 0 Å². The van der Waals surface area contributed by atoms with E-state index >= 15 is 0 Å². The normalized spacial score (nSPS) is 11.9. The third-order valence-electron chi connectivity index (χ3n) is 3.10. The zero-order valence-electron chi connectivity index (χ0n) is 10.3. The van der Waals surface area contributed by atoms with E-state index in [-0.39, 0.29) is 0 Å². The summed E-state index contributed by atoms with van der Waals surface area (Å²) in [7, 11) is 0. The van der Waals surface area contributed by atoms with Gasteiger partial charge in [-0.25, -0.2) is 4.98 Å². The first-order chi connectivity index (χ1) is 7.70. The van der Waals surface area contributed by atoms with Crippen LogP contribution in [0.1, 0.15) is 33.1 Å². The molecule has 0 radical (unpaired) electrons. The van der Waals surface area contributed by atoms with Gasteiger partial charge in [0.05, 0.1) is 11.9 Å². The first-order valence-electron chi connectivity index (χ1n) is 6.09. The summed E-state index contributed by atoms with van der Waals surface area (Å²) < 4.78 is 2.06. The highest BCUT2D eigenvalue weighted by molar-refractivity contribution is 4.78. The third-order valence-corrected chi connectivity index (χ3v) is 3.10. The van der Waals surface area contributed by atoms with Gasteiger partial charge in [-0.3, -0.25) is 0 Å². The molecule has 0 aliphatic rings. The molecule has 0 saturated heterocycles. The lowest BCUT2D eigenvalue weighted by Crippen LogP contribution is -2.39. The monoisotopic (exact) mass is 225 g/mol. The first kappa shape index (κ1) is 13.2. The molecule has 0 bridgehead atoms. The molecule has 92 valence electrons. The van der Waals surface area contributed by atoms with Crippen LogP contribution in [0.4, 0.5) is 0 Å². The van der Waals surface area contributed by atoms with Gasteiger partial charge < -0.3 is 15.0 Å². The number of rotatable bonds is 8. The van der Waals surface area contributed by atoms with E-state index in [1.54, 1.807) is 6.20 Å². The zero-order chi connectivity index (χ0) is 11.9. The Morgan fingerprint density at radius 1 is 1.38 bits per heavy atom. The van der Waals surface area contributed by atoms with Crippen molar-refractivity contribution in [3.63, 3.8) is 0 Å². The molecule has 0 amide bonds. The highest BCUT2D eigenvalue weighted by Crippen LogP contribution is 2.12. The average molecular weight is 225 g/mol. The Labute approximate surface area is 97.7 Å². The Bertz CT molecular complexity index is 268. The third kappa shape index (κ3) is 4.33. The minimum Gasteiger partial charge on any atom is -0.389 e. The molecule has 0 atom stereocenters. The number of aliphatic hydroxyl groups is 1. The highest BCUT2D eigenvalue weighted by Gasteiger charge is 2.20. The maximum atomic E-state index is 10.0. The largest absolute Gasteiger partial charge is 0.389 e. The molecule has 0 aromatic carbocycles. The molecule has 16 heavy (non-hydrogen) atoms. The summed E-state index contributed by atoms with van der Waals surface area (Å²) in [5.41, 5.74) is -0.533. The molecule has 0 aliphatic carbocycles. The summed E-state index contributed by atoms with van der Waals surface area (Å²) in [6, 6.07) is 0. The fourth-order valence-electron chi connectivity index (χ4n) is 1.63. The Balaban J connectivity index is 2.08. The van der Waals surface area contributed by atoms with E-state index < -0.39 is 5.60 Å². The van der Waals surface area contributed by atoms with Crippen molar-refractivity contribution in [3.8, 4) is 0 Å². The highest BCUT2D eigenvalue weighted by atomic mass is 16.3. The maximum absolute atomic E-state index is 10.0. The molecule has 1 aromatic rings. The van der Waals surface area contributed by atoms with E-state index in [4.69, 9.17) is 0 Å². The van der Waals surface area contributed by atoms with E-state index in [0.29, 0.717) is 6.54 Å². The van der Waals surface area contributed by atoms with Gasteiger partial charge in [0.25, 0.3) is 0 Å². The Kier molecular flexibility index (Phi) is 5.49. The molecule has 4 heteroatoms. The summed E-state index contributed by atoms with van der Waals surface area (Å²) in [4.78, 5) is 3.99. The van der Waals surface area contributed by atoms with E-state index in [0.717, 1.165) is 32.4 Å². The molecule has 0 spiro atoms. The molecule has 0 fully saturated rings. The number of imidazole rings is 1. The van der Waals surface area contributed by atoms with Crippen LogP contribution in [0, 0.1) is 0 Å². The molecular formula is C12H23N3O. The van der Waals surface area contributed by atoms with Crippen LogP contribution < -0.4 is 5.32 Å². The van der Waals surface area contributed by atoms with Crippen LogP contribution in [0.2, 0.25) is 0 Å². The van der Waals surface area contributed by atoms with Crippen molar-refractivity contribution in [3.05, 3.63) is 18.7 Å². The lowest BCUT2D eigenvalue weighted by atomic mass is 9.98. The number of hydrogen-bond donors (Lipinski definition) is 2. The van der Waals surface area contributed by atoms with Gasteiger partial charge in [0.2, 0.25) is 0 Å². The van der Waals surface area contributed by atoms with Crippen LogP contribution in [0.5, 0.6) is 0 Å². The first-order valence-corrected chi connectivity index (χ1v) is 6.09. The van der Waals surface area contributed by atoms with Crippen molar-refractivity contribution < 1.29 is 5.11 Å². The van der Waals surface area contributed by atoms with Crippen molar-refractivity contribution in [2.24, 2.45) is 0 Å². The van der Waals surface area contributed by atoms with Gasteiger partial charge in [-0.15, -0.1) is 0 Å². The Hall–Kier alpha value is -0.870. The topological polar surface area (TPSA) is 50.1 Å². The van der Waals surface area contributed by atoms with Gasteiger partial charge in [-0.05, 0) is 25.8 Å². The van der Waals surface area contributed by atoms with Gasteiger partial charge in [-0.2, -0.15) is 0 Å². The summed E-state index contributed by atoms with van der Waals surface area (Å²) in [5, 5.41) is 13.3. The molecule has 2 N–H and O–H groups in total. The molecule has 1 heterocycles. The fraction of sp³-hybridized carbons (Fsp3) is 0.750. The number of nitrogens with one attached hydrogen (secondary N) is 1. The summed E-state index contributed by atoms with van der Waals surface area (Å²) >= 11 is 0. The van der Waals surface area contributed by atoms with Crippen LogP contribution in [-0.2, 0) is 6.54 Å². The number of aromatic nitrogens is 2. The molecule has 1 aromatic heterocycles. The second-order valence-corrected chi connectivity index (χ2v) is 4.26. The van der Waals surface area contributed by atoms with Crippen LogP contribution in [-0.4, -0.2) is 33.3 Å². The number of aryl methyl sites for hydroxylation is 1. The fourth-order valence-corrected chi connectivity index (χ4v) is 1.63. The van der Waals surface area contributed by atoms with Crippen molar-refractivity contribution in [2.75, 3.05) is 13.1 Å². The summed E-state index contributed by atoms with van der Waals surface area (Å²) in [6.45, 7) is 6.64. The quantitative estimate of drug-likeness (QED) is 0.658. The zero-order valence-corrected chi connectivity index (χ0v) is 10.3. The van der Waals surface area contributed by atoms with E-state index in [2.05, 4.69) is 14.9 Å². The van der Waals surface area contributed by atoms with Crippen molar-refractivity contribution >= 4 is 0 Å². The smallest absolute Gasteiger partial charge is 0.0945 e. The van der Waals surface area contributed by atoms with E-state index in [1.807, 2.05) is 26.4 Å². The summed E-state index contributed by atoms with van der Waals surface area (Å²) in [5.74, 6) is 0. The predicted molar refractivity (Wildman–Crippen MR) is 65.2 cm³/mol. The minimum absolute atomic E-state index is 0.533. The lowest BCUT2D eigenvalue weighted by molar-refractivity contribution is 0.0326. The number of nitrogens with zero attached hydrogens (tertiary/aromatic N) is 2. The van der Waals surface area contributed by atoms with Crippen molar-refractivity contribution in [1.82, 2.24) is 14.9 Å². The second-order valence-electron chi connectivity index (χ2n) is 4.26. The van der Waals surface area contributed by atoms with Crippen molar-refractivity contribution in [1.29, 1.82) is 0 Å².